The van der Waals surface area contributed by atoms with Crippen LogP contribution in [-0.4, -0.2) is 64.7 Å². The fourth-order valence-electron chi connectivity index (χ4n) is 3.82. The highest BCUT2D eigenvalue weighted by atomic mass is 32.2. The van der Waals surface area contributed by atoms with Gasteiger partial charge in [0.05, 0.1) is 17.9 Å². The van der Waals surface area contributed by atoms with Crippen LogP contribution in [0.4, 0.5) is 0 Å². The molecule has 3 aromatic rings. The summed E-state index contributed by atoms with van der Waals surface area (Å²) >= 11 is 0. The van der Waals surface area contributed by atoms with E-state index in [1.807, 2.05) is 34.4 Å². The molecule has 2 aliphatic rings. The molecule has 10 heteroatoms. The van der Waals surface area contributed by atoms with E-state index < -0.39 is 15.5 Å². The number of nitrogens with one attached hydrogen (secondary N) is 1. The Labute approximate surface area is 169 Å². The Morgan fingerprint density at radius 1 is 1.41 bits per heavy atom. The Hall–Kier alpha value is -2.77. The maximum Gasteiger partial charge on any atom is 0.242 e. The minimum Gasteiger partial charge on any atom is -0.346 e. The van der Waals surface area contributed by atoms with Crippen LogP contribution in [0.1, 0.15) is 19.8 Å². The SMILES string of the molecule is [C-]#[N+]CC1(n2cc(-c3ncnc4[nH]ccc34)cn2)CN([S@@](=O)(CC)=NC2CC2)C1. The predicted octanol–water partition coefficient (Wildman–Crippen LogP) is 2.32. The van der Waals surface area contributed by atoms with Crippen LogP contribution >= 0.6 is 0 Å². The third kappa shape index (κ3) is 3.01. The van der Waals surface area contributed by atoms with Gasteiger partial charge in [-0.1, -0.05) is 6.92 Å². The monoisotopic (exact) mass is 410 g/mol. The molecule has 0 unspecified atom stereocenters. The molecular weight excluding hydrogens is 388 g/mol. The molecule has 4 heterocycles. The lowest BCUT2D eigenvalue weighted by atomic mass is 9.92. The number of hydrogen-bond acceptors (Lipinski definition) is 5. The van der Waals surface area contributed by atoms with Crippen molar-refractivity contribution in [3.05, 3.63) is 42.4 Å². The van der Waals surface area contributed by atoms with Gasteiger partial charge < -0.3 is 9.83 Å². The molecule has 2 fully saturated rings. The van der Waals surface area contributed by atoms with Gasteiger partial charge in [-0.05, 0) is 18.9 Å². The topological polar surface area (TPSA) is 96.4 Å². The summed E-state index contributed by atoms with van der Waals surface area (Å²) in [6.07, 6.45) is 9.14. The molecule has 3 aromatic heterocycles. The van der Waals surface area contributed by atoms with Crippen LogP contribution in [0.15, 0.2) is 35.3 Å². The van der Waals surface area contributed by atoms with E-state index in [2.05, 4.69) is 29.3 Å². The third-order valence-corrected chi connectivity index (χ3v) is 8.10. The van der Waals surface area contributed by atoms with Gasteiger partial charge in [-0.15, -0.1) is 0 Å². The number of H-pyrrole nitrogens is 1. The molecule has 1 aliphatic heterocycles. The van der Waals surface area contributed by atoms with E-state index in [9.17, 15) is 4.21 Å². The summed E-state index contributed by atoms with van der Waals surface area (Å²) in [7, 11) is -2.38. The van der Waals surface area contributed by atoms with Crippen molar-refractivity contribution in [1.82, 2.24) is 29.0 Å². The van der Waals surface area contributed by atoms with Crippen LogP contribution in [0.25, 0.3) is 27.1 Å². The van der Waals surface area contributed by atoms with Gasteiger partial charge in [-0.2, -0.15) is 5.10 Å². The van der Waals surface area contributed by atoms with Crippen molar-refractivity contribution in [3.63, 3.8) is 0 Å². The van der Waals surface area contributed by atoms with Gasteiger partial charge in [0.15, 0.2) is 5.54 Å². The first kappa shape index (κ1) is 18.3. The second-order valence-corrected chi connectivity index (χ2v) is 10.2. The number of nitrogens with zero attached hydrogens (tertiary/aromatic N) is 7. The van der Waals surface area contributed by atoms with Gasteiger partial charge in [0.1, 0.15) is 21.9 Å². The van der Waals surface area contributed by atoms with Gasteiger partial charge in [-0.25, -0.2) is 29.4 Å². The van der Waals surface area contributed by atoms with Gasteiger partial charge >= 0.3 is 0 Å². The van der Waals surface area contributed by atoms with Crippen LogP contribution < -0.4 is 0 Å². The second kappa shape index (κ2) is 6.64. The van der Waals surface area contributed by atoms with E-state index in [0.29, 0.717) is 18.8 Å². The molecule has 1 saturated heterocycles. The first-order chi connectivity index (χ1) is 14.1. The minimum absolute atomic E-state index is 0.246. The van der Waals surface area contributed by atoms with E-state index >= 15 is 0 Å². The van der Waals surface area contributed by atoms with Crippen molar-refractivity contribution in [2.24, 2.45) is 4.36 Å². The number of hydrogen-bond donors (Lipinski definition) is 1. The van der Waals surface area contributed by atoms with Crippen LogP contribution in [0.5, 0.6) is 0 Å². The maximum atomic E-state index is 13.3. The molecule has 0 bridgehead atoms. The Balaban J connectivity index is 1.46. The first-order valence-electron chi connectivity index (χ1n) is 9.73. The van der Waals surface area contributed by atoms with E-state index in [1.54, 1.807) is 6.20 Å². The van der Waals surface area contributed by atoms with Crippen LogP contribution in [-0.2, 0) is 15.5 Å². The van der Waals surface area contributed by atoms with Crippen LogP contribution in [0.3, 0.4) is 0 Å². The van der Waals surface area contributed by atoms with Crippen molar-refractivity contribution < 1.29 is 4.21 Å². The Bertz CT molecular complexity index is 1220. The molecule has 0 radical (unpaired) electrons. The van der Waals surface area contributed by atoms with Crippen LogP contribution in [0, 0.1) is 6.57 Å². The van der Waals surface area contributed by atoms with Crippen molar-refractivity contribution in [3.8, 4) is 11.3 Å². The largest absolute Gasteiger partial charge is 0.346 e. The zero-order valence-electron chi connectivity index (χ0n) is 16.2. The molecule has 1 N–H and O–H groups in total. The third-order valence-electron chi connectivity index (χ3n) is 5.65. The molecule has 0 spiro atoms. The summed E-state index contributed by atoms with van der Waals surface area (Å²) in [4.78, 5) is 15.4. The zero-order valence-corrected chi connectivity index (χ0v) is 17.0. The average Bonchev–Trinajstić information content (AvgIpc) is 3.18. The van der Waals surface area contributed by atoms with Crippen molar-refractivity contribution in [1.29, 1.82) is 0 Å². The lowest BCUT2D eigenvalue weighted by molar-refractivity contribution is 0.0866. The lowest BCUT2D eigenvalue weighted by Crippen LogP contribution is -2.65. The zero-order chi connectivity index (χ0) is 20.1. The van der Waals surface area contributed by atoms with E-state index in [0.717, 1.165) is 35.1 Å². The minimum atomic E-state index is -2.38. The smallest absolute Gasteiger partial charge is 0.242 e. The molecule has 150 valence electrons. The molecule has 1 saturated carbocycles. The van der Waals surface area contributed by atoms with Crippen molar-refractivity contribution in [2.45, 2.75) is 31.3 Å². The number of aromatic nitrogens is 5. The van der Waals surface area contributed by atoms with Gasteiger partial charge in [-0.3, -0.25) is 4.68 Å². The fourth-order valence-corrected chi connectivity index (χ4v) is 6.03. The molecule has 1 atom stereocenters. The normalized spacial score (nSPS) is 20.7. The quantitative estimate of drug-likeness (QED) is 0.631. The molecule has 9 nitrogen and oxygen atoms in total. The molecule has 5 rings (SSSR count). The Morgan fingerprint density at radius 3 is 2.97 bits per heavy atom. The second-order valence-electron chi connectivity index (χ2n) is 7.71. The van der Waals surface area contributed by atoms with Crippen molar-refractivity contribution >= 4 is 20.9 Å². The van der Waals surface area contributed by atoms with Gasteiger partial charge in [0, 0.05) is 42.2 Å². The maximum absolute atomic E-state index is 13.3. The number of rotatable bonds is 6. The lowest BCUT2D eigenvalue weighted by Gasteiger charge is -2.47. The summed E-state index contributed by atoms with van der Waals surface area (Å²) in [6.45, 7) is 10.7. The van der Waals surface area contributed by atoms with Crippen molar-refractivity contribution in [2.75, 3.05) is 25.4 Å². The Kier molecular flexibility index (Phi) is 4.18. The molecule has 0 amide bonds. The summed E-state index contributed by atoms with van der Waals surface area (Å²) < 4.78 is 21.7. The number of aromatic amines is 1. The standard InChI is InChI=1S/C19H22N8OS/c1-3-29(28,25-15-4-5-15)26-11-19(12-26,10-20-2)27-9-14(8-24-27)17-16-6-7-21-18(16)23-13-22-17/h6-9,13,15H,3-5,10-12H2,1H3,(H,21,22,23)/t29-/m1/s1. The average molecular weight is 411 g/mol. The van der Waals surface area contributed by atoms with E-state index in [4.69, 9.17) is 6.57 Å². The highest BCUT2D eigenvalue weighted by Crippen LogP contribution is 2.36. The summed E-state index contributed by atoms with van der Waals surface area (Å²) in [5.41, 5.74) is 1.97. The summed E-state index contributed by atoms with van der Waals surface area (Å²) in [6, 6.07) is 2.19. The van der Waals surface area contributed by atoms with Gasteiger partial charge in [0.2, 0.25) is 6.54 Å². The predicted molar refractivity (Wildman–Crippen MR) is 110 cm³/mol. The Morgan fingerprint density at radius 2 is 2.24 bits per heavy atom. The number of fused-ring (bicyclic) bond motifs is 1. The summed E-state index contributed by atoms with van der Waals surface area (Å²) in [5, 5.41) is 5.49. The first-order valence-corrected chi connectivity index (χ1v) is 11.4. The fraction of sp³-hybridized carbons (Fsp3) is 0.474. The summed E-state index contributed by atoms with van der Waals surface area (Å²) in [5.74, 6) is 0.508. The van der Waals surface area contributed by atoms with Crippen LogP contribution in [0.2, 0.25) is 0 Å². The van der Waals surface area contributed by atoms with Gasteiger partial charge in [0.25, 0.3) is 0 Å². The highest BCUT2D eigenvalue weighted by molar-refractivity contribution is 7.91. The highest BCUT2D eigenvalue weighted by Gasteiger charge is 2.52. The molecule has 29 heavy (non-hydrogen) atoms. The molecular formula is C19H22N8OS. The molecule has 0 aromatic carbocycles. The molecule has 1 aliphatic carbocycles. The van der Waals surface area contributed by atoms with E-state index in [1.165, 1.54) is 6.33 Å². The van der Waals surface area contributed by atoms with E-state index in [-0.39, 0.29) is 12.6 Å².